The molecule has 0 spiro atoms. The van der Waals surface area contributed by atoms with E-state index >= 15 is 0 Å². The summed E-state index contributed by atoms with van der Waals surface area (Å²) in [6, 6.07) is 19.3. The van der Waals surface area contributed by atoms with Crippen molar-refractivity contribution in [2.45, 2.75) is 38.5 Å². The highest BCUT2D eigenvalue weighted by molar-refractivity contribution is 7.99. The zero-order chi connectivity index (χ0) is 24.8. The van der Waals surface area contributed by atoms with Crippen LogP contribution in [0.3, 0.4) is 0 Å². The van der Waals surface area contributed by atoms with Crippen LogP contribution in [0.1, 0.15) is 26.3 Å². The number of hydrogen-bond donors (Lipinski definition) is 1. The van der Waals surface area contributed by atoms with Crippen molar-refractivity contribution in [3.05, 3.63) is 89.0 Å². The fourth-order valence-corrected chi connectivity index (χ4v) is 4.78. The maximum Gasteiger partial charge on any atom is 0.262 e. The largest absolute Gasteiger partial charge is 0.369 e. The summed E-state index contributed by atoms with van der Waals surface area (Å²) >= 11 is 1.25. The van der Waals surface area contributed by atoms with Gasteiger partial charge in [-0.2, -0.15) is 0 Å². The van der Waals surface area contributed by atoms with Crippen LogP contribution in [0, 0.1) is 0 Å². The van der Waals surface area contributed by atoms with Gasteiger partial charge in [0.15, 0.2) is 5.16 Å². The molecule has 2 heterocycles. The topological polar surface area (TPSA) is 80.1 Å². The molecule has 35 heavy (non-hydrogen) atoms. The Morgan fingerprint density at radius 1 is 1.09 bits per heavy atom. The van der Waals surface area contributed by atoms with Crippen LogP contribution in [0.5, 0.6) is 0 Å². The lowest BCUT2D eigenvalue weighted by molar-refractivity contribution is -0.113. The number of rotatable bonds is 9. The van der Waals surface area contributed by atoms with Gasteiger partial charge in [0, 0.05) is 36.4 Å². The highest BCUT2D eigenvalue weighted by Gasteiger charge is 2.14. The Labute approximate surface area is 209 Å². The Kier molecular flexibility index (Phi) is 7.82. The number of amides is 1. The molecule has 180 valence electrons. The Bertz CT molecular complexity index is 1350. The summed E-state index contributed by atoms with van der Waals surface area (Å²) in [6.45, 7) is 7.69. The molecule has 0 atom stereocenters. The van der Waals surface area contributed by atoms with E-state index in [0.717, 1.165) is 23.5 Å². The molecule has 0 unspecified atom stereocenters. The number of carbonyl (C=O) groups excluding carboxylic acids is 1. The van der Waals surface area contributed by atoms with Gasteiger partial charge >= 0.3 is 0 Å². The van der Waals surface area contributed by atoms with Gasteiger partial charge in [-0.05, 0) is 68.8 Å². The second kappa shape index (κ2) is 11.2. The van der Waals surface area contributed by atoms with Crippen LogP contribution in [0.15, 0.2) is 83.0 Å². The first-order valence-corrected chi connectivity index (χ1v) is 12.6. The molecule has 0 aliphatic carbocycles. The number of nitrogens with one attached hydrogen (secondary N) is 1. The molecule has 7 nitrogen and oxygen atoms in total. The number of fused-ring (bicyclic) bond motifs is 1. The molecule has 0 fully saturated rings. The average molecular weight is 488 g/mol. The molecule has 0 aliphatic rings. The van der Waals surface area contributed by atoms with Gasteiger partial charge in [-0.25, -0.2) is 4.98 Å². The van der Waals surface area contributed by atoms with Gasteiger partial charge in [0.1, 0.15) is 0 Å². The number of pyridine rings is 1. The fourth-order valence-electron chi connectivity index (χ4n) is 3.98. The van der Waals surface area contributed by atoms with Crippen LogP contribution in [0.4, 0.5) is 11.4 Å². The summed E-state index contributed by atoms with van der Waals surface area (Å²) in [6.07, 6.45) is 3.42. The van der Waals surface area contributed by atoms with Crippen LogP contribution in [-0.2, 0) is 11.3 Å². The lowest BCUT2D eigenvalue weighted by Gasteiger charge is -2.27. The third-order valence-corrected chi connectivity index (χ3v) is 6.65. The molecule has 0 aliphatic heterocycles. The van der Waals surface area contributed by atoms with Gasteiger partial charge in [0.05, 0.1) is 23.2 Å². The van der Waals surface area contributed by atoms with Crippen molar-refractivity contribution in [2.75, 3.05) is 22.5 Å². The predicted octanol–water partition coefficient (Wildman–Crippen LogP) is 4.81. The van der Waals surface area contributed by atoms with Crippen molar-refractivity contribution in [1.29, 1.82) is 0 Å². The molecule has 0 bridgehead atoms. The van der Waals surface area contributed by atoms with Crippen molar-refractivity contribution in [2.24, 2.45) is 0 Å². The van der Waals surface area contributed by atoms with E-state index in [-0.39, 0.29) is 17.2 Å². The lowest BCUT2D eigenvalue weighted by atomic mass is 10.2. The maximum atomic E-state index is 13.2. The monoisotopic (exact) mass is 487 g/mol. The van der Waals surface area contributed by atoms with Gasteiger partial charge in [-0.15, -0.1) is 0 Å². The van der Waals surface area contributed by atoms with Crippen LogP contribution in [0.2, 0.25) is 0 Å². The first-order chi connectivity index (χ1) is 17.0. The molecular formula is C27H29N5O2S. The molecule has 4 aromatic rings. The van der Waals surface area contributed by atoms with Gasteiger partial charge in [-0.3, -0.25) is 19.1 Å². The third kappa shape index (κ3) is 5.89. The minimum Gasteiger partial charge on any atom is -0.369 e. The Hall–Kier alpha value is -3.65. The third-order valence-electron chi connectivity index (χ3n) is 5.67. The van der Waals surface area contributed by atoms with Gasteiger partial charge < -0.3 is 10.2 Å². The number of nitrogens with zero attached hydrogens (tertiary/aromatic N) is 4. The summed E-state index contributed by atoms with van der Waals surface area (Å²) in [4.78, 5) is 37.1. The second-order valence-electron chi connectivity index (χ2n) is 8.43. The summed E-state index contributed by atoms with van der Waals surface area (Å²) in [5, 5.41) is 3.99. The van der Waals surface area contributed by atoms with E-state index in [0.29, 0.717) is 28.6 Å². The van der Waals surface area contributed by atoms with Crippen molar-refractivity contribution in [3.8, 4) is 0 Å². The normalized spacial score (nSPS) is 11.1. The SMILES string of the molecule is CCN(c1ccc(NC(=O)CSc2nc3ccccc3c(=O)n2Cc2cccnc2)cc1)C(C)C. The van der Waals surface area contributed by atoms with Gasteiger partial charge in [-0.1, -0.05) is 30.0 Å². The Morgan fingerprint density at radius 2 is 1.86 bits per heavy atom. The number of hydrogen-bond acceptors (Lipinski definition) is 6. The van der Waals surface area contributed by atoms with Crippen LogP contribution < -0.4 is 15.8 Å². The molecule has 1 amide bonds. The highest BCUT2D eigenvalue weighted by atomic mass is 32.2. The molecule has 8 heteroatoms. The standard InChI is InChI=1S/C27H29N5O2S/c1-4-31(19(2)3)22-13-11-21(12-14-22)29-25(33)18-35-27-30-24-10-6-5-9-23(24)26(34)32(27)17-20-8-7-15-28-16-20/h5-16,19H,4,17-18H2,1-3H3,(H,29,33). The number of para-hydroxylation sites is 1. The van der Waals surface area contributed by atoms with Crippen LogP contribution in [0.25, 0.3) is 10.9 Å². The minimum absolute atomic E-state index is 0.132. The Morgan fingerprint density at radius 3 is 2.54 bits per heavy atom. The summed E-state index contributed by atoms with van der Waals surface area (Å²) in [5.41, 5.74) is 3.22. The first kappa shape index (κ1) is 24.5. The number of aromatic nitrogens is 3. The number of anilines is 2. The molecule has 4 rings (SSSR count). The van der Waals surface area contributed by atoms with E-state index in [9.17, 15) is 9.59 Å². The van der Waals surface area contributed by atoms with Crippen molar-refractivity contribution in [3.63, 3.8) is 0 Å². The fraction of sp³-hybridized carbons (Fsp3) is 0.259. The second-order valence-corrected chi connectivity index (χ2v) is 9.37. The number of thioether (sulfide) groups is 1. The number of benzene rings is 2. The summed E-state index contributed by atoms with van der Waals surface area (Å²) in [5.74, 6) is -0.0265. The zero-order valence-electron chi connectivity index (χ0n) is 20.1. The minimum atomic E-state index is -0.158. The van der Waals surface area contributed by atoms with Gasteiger partial charge in [0.25, 0.3) is 5.56 Å². The van der Waals surface area contributed by atoms with Gasteiger partial charge in [0.2, 0.25) is 5.91 Å². The van der Waals surface area contributed by atoms with E-state index in [1.807, 2.05) is 54.6 Å². The zero-order valence-corrected chi connectivity index (χ0v) is 21.0. The molecule has 0 saturated heterocycles. The number of carbonyl (C=O) groups is 1. The van der Waals surface area contributed by atoms with Crippen LogP contribution in [-0.4, -0.2) is 38.8 Å². The summed E-state index contributed by atoms with van der Waals surface area (Å²) in [7, 11) is 0. The average Bonchev–Trinajstić information content (AvgIpc) is 2.86. The molecule has 2 aromatic heterocycles. The van der Waals surface area contributed by atoms with E-state index < -0.39 is 0 Å². The predicted molar refractivity (Wildman–Crippen MR) is 143 cm³/mol. The molecule has 0 radical (unpaired) electrons. The van der Waals surface area contributed by atoms with E-state index in [2.05, 4.69) is 41.0 Å². The maximum absolute atomic E-state index is 13.2. The van der Waals surface area contributed by atoms with E-state index in [4.69, 9.17) is 0 Å². The molecular weight excluding hydrogens is 458 g/mol. The lowest BCUT2D eigenvalue weighted by Crippen LogP contribution is -2.30. The van der Waals surface area contributed by atoms with E-state index in [1.165, 1.54) is 11.8 Å². The summed E-state index contributed by atoms with van der Waals surface area (Å²) < 4.78 is 1.61. The van der Waals surface area contributed by atoms with Crippen molar-refractivity contribution in [1.82, 2.24) is 14.5 Å². The Balaban J connectivity index is 1.50. The van der Waals surface area contributed by atoms with Crippen molar-refractivity contribution >= 4 is 39.9 Å². The molecule has 2 aromatic carbocycles. The molecule has 1 N–H and O–H groups in total. The first-order valence-electron chi connectivity index (χ1n) is 11.6. The van der Waals surface area contributed by atoms with Crippen molar-refractivity contribution < 1.29 is 4.79 Å². The smallest absolute Gasteiger partial charge is 0.262 e. The van der Waals surface area contributed by atoms with Crippen LogP contribution >= 0.6 is 11.8 Å². The molecule has 0 saturated carbocycles. The van der Waals surface area contributed by atoms with E-state index in [1.54, 1.807) is 23.0 Å². The highest BCUT2D eigenvalue weighted by Crippen LogP contribution is 2.22. The quantitative estimate of drug-likeness (QED) is 0.270.